The summed E-state index contributed by atoms with van der Waals surface area (Å²) in [5, 5.41) is 3.06. The van der Waals surface area contributed by atoms with E-state index in [0.29, 0.717) is 44.9 Å². The zero-order chi connectivity index (χ0) is 27.3. The van der Waals surface area contributed by atoms with Crippen LogP contribution >= 0.6 is 0 Å². The van der Waals surface area contributed by atoms with Crippen molar-refractivity contribution in [2.75, 3.05) is 25.4 Å². The maximum absolute atomic E-state index is 13.1. The van der Waals surface area contributed by atoms with E-state index in [-0.39, 0.29) is 23.4 Å². The molecule has 3 aliphatic rings. The summed E-state index contributed by atoms with van der Waals surface area (Å²) in [6, 6.07) is 5.80. The molecule has 1 saturated carbocycles. The number of rotatable bonds is 11. The van der Waals surface area contributed by atoms with Crippen molar-refractivity contribution < 1.29 is 22.7 Å². The lowest BCUT2D eigenvalue weighted by Crippen LogP contribution is -2.51. The van der Waals surface area contributed by atoms with E-state index in [1.165, 1.54) is 4.31 Å². The Hall–Kier alpha value is -2.10. The van der Waals surface area contributed by atoms with Gasteiger partial charge in [0.1, 0.15) is 17.2 Å². The molecule has 4 rings (SSSR count). The zero-order valence-electron chi connectivity index (χ0n) is 23.1. The Bertz CT molecular complexity index is 1150. The van der Waals surface area contributed by atoms with Crippen LogP contribution in [0, 0.1) is 12.8 Å². The molecule has 2 fully saturated rings. The zero-order valence-corrected chi connectivity index (χ0v) is 23.9. The van der Waals surface area contributed by atoms with Crippen LogP contribution in [0.25, 0.3) is 0 Å². The summed E-state index contributed by atoms with van der Waals surface area (Å²) in [7, 11) is -3.46. The first kappa shape index (κ1) is 28.9. The highest BCUT2D eigenvalue weighted by Crippen LogP contribution is 2.35. The number of hydrogen-bond acceptors (Lipinski definition) is 6. The number of carbonyl (C=O) groups is 2. The van der Waals surface area contributed by atoms with Crippen molar-refractivity contribution in [2.45, 2.75) is 96.6 Å². The molecular weight excluding hydrogens is 502 g/mol. The fourth-order valence-corrected chi connectivity index (χ4v) is 7.38. The molecule has 1 saturated heterocycles. The van der Waals surface area contributed by atoms with Crippen LogP contribution in [0.15, 0.2) is 23.2 Å². The number of ether oxygens (including phenoxy) is 1. The number of aryl methyl sites for hydroxylation is 2. The second kappa shape index (κ2) is 12.4. The topological polar surface area (TPSA) is 105 Å². The first-order chi connectivity index (χ1) is 18.1. The Morgan fingerprint density at radius 2 is 1.89 bits per heavy atom. The Kier molecular flexibility index (Phi) is 9.42. The van der Waals surface area contributed by atoms with Gasteiger partial charge in [0.15, 0.2) is 0 Å². The van der Waals surface area contributed by atoms with Crippen LogP contribution in [0.1, 0.15) is 81.9 Å². The molecule has 0 radical (unpaired) electrons. The second-order valence-corrected chi connectivity index (χ2v) is 13.4. The monoisotopic (exact) mass is 545 g/mol. The average molecular weight is 546 g/mol. The molecule has 1 N–H and O–H groups in total. The van der Waals surface area contributed by atoms with Gasteiger partial charge in [-0.15, -0.1) is 0 Å². The molecule has 1 aromatic carbocycles. The summed E-state index contributed by atoms with van der Waals surface area (Å²) < 4.78 is 33.8. The van der Waals surface area contributed by atoms with Crippen molar-refractivity contribution in [1.82, 2.24) is 9.62 Å². The lowest BCUT2D eigenvalue weighted by Gasteiger charge is -2.34. The third-order valence-corrected chi connectivity index (χ3v) is 10.2. The standard InChI is InChI=1S/C29H43N3O5S/c1-4-5-17-37-26-10-8-25(9-11-26)27-30-28(34)29(31-27)13-15-32(16-14-29)38(35,36)18-12-24-7-6-23(19-21(24)2)20-22(3)33/h6-7,19,25-26H,4-5,8-18,20H2,1-3H3,(H,30,31,34). The molecule has 1 aromatic rings. The van der Waals surface area contributed by atoms with Crippen LogP contribution < -0.4 is 5.32 Å². The lowest BCUT2D eigenvalue weighted by atomic mass is 9.86. The summed E-state index contributed by atoms with van der Waals surface area (Å²) in [5.74, 6) is 1.09. The number of ketones is 1. The summed E-state index contributed by atoms with van der Waals surface area (Å²) in [5.41, 5.74) is 2.09. The van der Waals surface area contributed by atoms with Crippen LogP contribution in [0.2, 0.25) is 0 Å². The van der Waals surface area contributed by atoms with E-state index < -0.39 is 15.6 Å². The van der Waals surface area contributed by atoms with Gasteiger partial charge in [-0.05, 0) is 81.9 Å². The molecule has 1 aliphatic carbocycles. The molecule has 210 valence electrons. The number of hydrogen-bond donors (Lipinski definition) is 1. The Labute approximate surface area is 227 Å². The van der Waals surface area contributed by atoms with Crippen LogP contribution in [0.5, 0.6) is 0 Å². The first-order valence-corrected chi connectivity index (χ1v) is 15.8. The third kappa shape index (κ3) is 6.90. The Balaban J connectivity index is 1.30. The number of piperidine rings is 1. The second-order valence-electron chi connectivity index (χ2n) is 11.3. The molecule has 0 bridgehead atoms. The van der Waals surface area contributed by atoms with E-state index in [1.807, 2.05) is 25.1 Å². The number of amidine groups is 1. The predicted octanol–water partition coefficient (Wildman–Crippen LogP) is 3.74. The van der Waals surface area contributed by atoms with Gasteiger partial charge in [0.25, 0.3) is 5.91 Å². The summed E-state index contributed by atoms with van der Waals surface area (Å²) in [4.78, 5) is 29.3. The van der Waals surface area contributed by atoms with Crippen LogP contribution in [-0.4, -0.2) is 67.3 Å². The fraction of sp³-hybridized carbons (Fsp3) is 0.690. The SMILES string of the molecule is CCCCOC1CCC(C2=NC3(CCN(S(=O)(=O)CCc4ccc(CC(C)=O)cc4C)CC3)C(=O)N2)CC1. The highest BCUT2D eigenvalue weighted by Gasteiger charge is 2.48. The Morgan fingerprint density at radius 3 is 2.53 bits per heavy atom. The van der Waals surface area contributed by atoms with Gasteiger partial charge in [0, 0.05) is 32.0 Å². The number of nitrogens with zero attached hydrogens (tertiary/aromatic N) is 2. The van der Waals surface area contributed by atoms with Crippen LogP contribution in [0.4, 0.5) is 0 Å². The summed E-state index contributed by atoms with van der Waals surface area (Å²) in [6.45, 7) is 7.12. The minimum Gasteiger partial charge on any atom is -0.378 e. The number of Topliss-reactive ketones (excluding diaryl/α,β-unsaturated/α-hetero) is 1. The van der Waals surface area contributed by atoms with Gasteiger partial charge >= 0.3 is 0 Å². The van der Waals surface area contributed by atoms with E-state index >= 15 is 0 Å². The molecule has 2 aliphatic heterocycles. The fourth-order valence-electron chi connectivity index (χ4n) is 5.91. The minimum absolute atomic E-state index is 0.0250. The molecule has 8 nitrogen and oxygen atoms in total. The highest BCUT2D eigenvalue weighted by molar-refractivity contribution is 7.89. The molecule has 2 heterocycles. The van der Waals surface area contributed by atoms with Gasteiger partial charge in [-0.2, -0.15) is 0 Å². The molecule has 0 atom stereocenters. The van der Waals surface area contributed by atoms with E-state index in [2.05, 4.69) is 12.2 Å². The first-order valence-electron chi connectivity index (χ1n) is 14.2. The smallest absolute Gasteiger partial charge is 0.253 e. The maximum Gasteiger partial charge on any atom is 0.253 e. The van der Waals surface area contributed by atoms with Gasteiger partial charge < -0.3 is 10.1 Å². The quantitative estimate of drug-likeness (QED) is 0.427. The molecule has 0 aromatic heterocycles. The van der Waals surface area contributed by atoms with Gasteiger partial charge in [-0.25, -0.2) is 12.7 Å². The van der Waals surface area contributed by atoms with Gasteiger partial charge in [-0.3, -0.25) is 14.6 Å². The third-order valence-electron chi connectivity index (χ3n) is 8.34. The average Bonchev–Trinajstić information content (AvgIpc) is 3.19. The van der Waals surface area contributed by atoms with E-state index in [1.54, 1.807) is 6.92 Å². The van der Waals surface area contributed by atoms with Gasteiger partial charge in [-0.1, -0.05) is 31.5 Å². The van der Waals surface area contributed by atoms with Crippen LogP contribution in [0.3, 0.4) is 0 Å². The van der Waals surface area contributed by atoms with E-state index in [4.69, 9.17) is 9.73 Å². The molecule has 9 heteroatoms. The van der Waals surface area contributed by atoms with Gasteiger partial charge in [0.05, 0.1) is 11.9 Å². The van der Waals surface area contributed by atoms with Crippen molar-refractivity contribution in [3.05, 3.63) is 34.9 Å². The summed E-state index contributed by atoms with van der Waals surface area (Å²) >= 11 is 0. The van der Waals surface area contributed by atoms with Crippen molar-refractivity contribution in [3.8, 4) is 0 Å². The van der Waals surface area contributed by atoms with Crippen molar-refractivity contribution in [2.24, 2.45) is 10.9 Å². The van der Waals surface area contributed by atoms with E-state index in [9.17, 15) is 18.0 Å². The number of sulfonamides is 1. The van der Waals surface area contributed by atoms with Crippen LogP contribution in [-0.2, 0) is 37.2 Å². The number of unbranched alkanes of at least 4 members (excludes halogenated alkanes) is 1. The van der Waals surface area contributed by atoms with Crippen molar-refractivity contribution in [3.63, 3.8) is 0 Å². The maximum atomic E-state index is 13.1. The normalized spacial score (nSPS) is 23.9. The Morgan fingerprint density at radius 1 is 1.18 bits per heavy atom. The van der Waals surface area contributed by atoms with E-state index in [0.717, 1.165) is 67.7 Å². The predicted molar refractivity (Wildman–Crippen MR) is 149 cm³/mol. The van der Waals surface area contributed by atoms with Crippen molar-refractivity contribution >= 4 is 27.5 Å². The largest absolute Gasteiger partial charge is 0.378 e. The van der Waals surface area contributed by atoms with Crippen molar-refractivity contribution in [1.29, 1.82) is 0 Å². The molecule has 1 amide bonds. The summed E-state index contributed by atoms with van der Waals surface area (Å²) in [6.07, 6.45) is 8.06. The number of aliphatic imine (C=N–C) groups is 1. The molecule has 1 spiro atoms. The number of amides is 1. The number of nitrogens with one attached hydrogen (secondary N) is 1. The number of carbonyl (C=O) groups excluding carboxylic acids is 2. The molecule has 38 heavy (non-hydrogen) atoms. The lowest BCUT2D eigenvalue weighted by molar-refractivity contribution is -0.125. The molecular formula is C29H43N3O5S. The molecule has 0 unspecified atom stereocenters. The number of benzene rings is 1. The van der Waals surface area contributed by atoms with Gasteiger partial charge in [0.2, 0.25) is 10.0 Å². The minimum atomic E-state index is -3.46. The highest BCUT2D eigenvalue weighted by atomic mass is 32.2.